The molecule has 0 aliphatic heterocycles. The summed E-state index contributed by atoms with van der Waals surface area (Å²) in [5.74, 6) is 2.55. The molecule has 0 unspecified atom stereocenters. The second-order valence-electron chi connectivity index (χ2n) is 3.84. The van der Waals surface area contributed by atoms with Crippen LogP contribution in [0.2, 0.25) is 0 Å². The molecule has 7 heteroatoms. The molecule has 0 saturated carbocycles. The number of nitrogens with zero attached hydrogens (tertiary/aromatic N) is 4. The van der Waals surface area contributed by atoms with Gasteiger partial charge in [0.2, 0.25) is 17.8 Å². The highest BCUT2D eigenvalue weighted by atomic mass is 32.2. The molecule has 6 nitrogen and oxygen atoms in total. The number of anilines is 3. The van der Waals surface area contributed by atoms with Crippen molar-refractivity contribution in [3.8, 4) is 0 Å². The summed E-state index contributed by atoms with van der Waals surface area (Å²) in [7, 11) is 3.74. The van der Waals surface area contributed by atoms with Crippen molar-refractivity contribution in [2.75, 3.05) is 48.6 Å². The van der Waals surface area contributed by atoms with Gasteiger partial charge < -0.3 is 16.0 Å². The fourth-order valence-corrected chi connectivity index (χ4v) is 1.72. The lowest BCUT2D eigenvalue weighted by molar-refractivity contribution is 0.831. The molecule has 0 radical (unpaired) electrons. The van der Waals surface area contributed by atoms with Crippen molar-refractivity contribution in [1.29, 1.82) is 0 Å². The zero-order valence-electron chi connectivity index (χ0n) is 10.6. The first kappa shape index (κ1) is 13.8. The van der Waals surface area contributed by atoms with Crippen molar-refractivity contribution in [2.45, 2.75) is 12.8 Å². The standard InChI is InChI=1S/C10H20N6S/c1-16(2)10-14-8(11)13-9(15-10)12-6-4-5-7-17-3/h4-7H2,1-3H3,(H3,11,12,13,14,15). The number of nitrogens with two attached hydrogens (primary N) is 1. The van der Waals surface area contributed by atoms with Crippen LogP contribution < -0.4 is 16.0 Å². The Balaban J connectivity index is 2.47. The molecule has 1 aromatic heterocycles. The number of nitrogen functional groups attached to an aromatic ring is 1. The Morgan fingerprint density at radius 3 is 2.65 bits per heavy atom. The van der Waals surface area contributed by atoms with E-state index in [9.17, 15) is 0 Å². The molecule has 0 saturated heterocycles. The van der Waals surface area contributed by atoms with Crippen LogP contribution in [-0.2, 0) is 0 Å². The van der Waals surface area contributed by atoms with Gasteiger partial charge in [-0.25, -0.2) is 0 Å². The number of unbranched alkanes of at least 4 members (excludes halogenated alkanes) is 1. The minimum absolute atomic E-state index is 0.246. The fourth-order valence-electron chi connectivity index (χ4n) is 1.23. The molecular formula is C10H20N6S. The zero-order chi connectivity index (χ0) is 12.7. The van der Waals surface area contributed by atoms with Crippen molar-refractivity contribution < 1.29 is 0 Å². The molecule has 1 rings (SSSR count). The molecule has 0 spiro atoms. The van der Waals surface area contributed by atoms with Crippen LogP contribution in [0.15, 0.2) is 0 Å². The predicted octanol–water partition coefficient (Wildman–Crippen LogP) is 1.07. The third kappa shape index (κ3) is 5.08. The Hall–Kier alpha value is -1.24. The number of thioether (sulfide) groups is 1. The molecule has 17 heavy (non-hydrogen) atoms. The van der Waals surface area contributed by atoms with E-state index in [-0.39, 0.29) is 5.95 Å². The lowest BCUT2D eigenvalue weighted by Crippen LogP contribution is -2.16. The molecular weight excluding hydrogens is 236 g/mol. The average Bonchev–Trinajstić information content (AvgIpc) is 2.28. The highest BCUT2D eigenvalue weighted by Crippen LogP contribution is 2.09. The van der Waals surface area contributed by atoms with Gasteiger partial charge in [-0.05, 0) is 24.9 Å². The molecule has 3 N–H and O–H groups in total. The topological polar surface area (TPSA) is 80.0 Å². The Morgan fingerprint density at radius 2 is 2.00 bits per heavy atom. The summed E-state index contributed by atoms with van der Waals surface area (Å²) in [6.45, 7) is 0.858. The second kappa shape index (κ2) is 7.16. The largest absolute Gasteiger partial charge is 0.368 e. The summed E-state index contributed by atoms with van der Waals surface area (Å²) in [6, 6.07) is 0. The average molecular weight is 256 g/mol. The smallest absolute Gasteiger partial charge is 0.231 e. The summed E-state index contributed by atoms with van der Waals surface area (Å²) in [5.41, 5.74) is 5.62. The van der Waals surface area contributed by atoms with Gasteiger partial charge in [0.1, 0.15) is 0 Å². The lowest BCUT2D eigenvalue weighted by atomic mass is 10.3. The van der Waals surface area contributed by atoms with Gasteiger partial charge in [0.05, 0.1) is 0 Å². The molecule has 1 heterocycles. The Labute approximate surface area is 106 Å². The first-order valence-corrected chi connectivity index (χ1v) is 6.94. The summed E-state index contributed by atoms with van der Waals surface area (Å²) in [5, 5.41) is 3.16. The van der Waals surface area contributed by atoms with E-state index in [0.717, 1.165) is 13.0 Å². The van der Waals surface area contributed by atoms with E-state index in [1.807, 2.05) is 25.9 Å². The van der Waals surface area contributed by atoms with Gasteiger partial charge in [-0.2, -0.15) is 26.7 Å². The van der Waals surface area contributed by atoms with Crippen molar-refractivity contribution in [1.82, 2.24) is 15.0 Å². The molecule has 1 aromatic rings. The molecule has 0 amide bonds. The normalized spacial score (nSPS) is 10.3. The van der Waals surface area contributed by atoms with E-state index < -0.39 is 0 Å². The first-order chi connectivity index (χ1) is 8.13. The summed E-state index contributed by atoms with van der Waals surface area (Å²) in [4.78, 5) is 14.1. The minimum Gasteiger partial charge on any atom is -0.368 e. The minimum atomic E-state index is 0.246. The van der Waals surface area contributed by atoms with Gasteiger partial charge >= 0.3 is 0 Å². The SMILES string of the molecule is CSCCCCNc1nc(N)nc(N(C)C)n1. The molecule has 0 aromatic carbocycles. The van der Waals surface area contributed by atoms with Crippen LogP contribution in [0.3, 0.4) is 0 Å². The first-order valence-electron chi connectivity index (χ1n) is 5.55. The molecule has 0 aliphatic carbocycles. The van der Waals surface area contributed by atoms with Gasteiger partial charge in [0, 0.05) is 20.6 Å². The van der Waals surface area contributed by atoms with E-state index >= 15 is 0 Å². The maximum Gasteiger partial charge on any atom is 0.231 e. The van der Waals surface area contributed by atoms with Crippen LogP contribution in [0, 0.1) is 0 Å². The molecule has 0 bridgehead atoms. The number of aromatic nitrogens is 3. The highest BCUT2D eigenvalue weighted by molar-refractivity contribution is 7.98. The van der Waals surface area contributed by atoms with Gasteiger partial charge in [0.25, 0.3) is 0 Å². The summed E-state index contributed by atoms with van der Waals surface area (Å²) in [6.07, 6.45) is 4.41. The Kier molecular flexibility index (Phi) is 5.82. The van der Waals surface area contributed by atoms with Crippen LogP contribution in [0.4, 0.5) is 17.8 Å². The van der Waals surface area contributed by atoms with E-state index in [1.165, 1.54) is 12.2 Å². The second-order valence-corrected chi connectivity index (χ2v) is 4.82. The number of rotatable bonds is 7. The van der Waals surface area contributed by atoms with Crippen LogP contribution in [0.25, 0.3) is 0 Å². The van der Waals surface area contributed by atoms with E-state index in [0.29, 0.717) is 11.9 Å². The van der Waals surface area contributed by atoms with Gasteiger partial charge in [-0.15, -0.1) is 0 Å². The number of hydrogen-bond acceptors (Lipinski definition) is 7. The van der Waals surface area contributed by atoms with Crippen LogP contribution in [0.1, 0.15) is 12.8 Å². The third-order valence-electron chi connectivity index (χ3n) is 2.10. The van der Waals surface area contributed by atoms with Crippen molar-refractivity contribution in [2.24, 2.45) is 0 Å². The van der Waals surface area contributed by atoms with Crippen LogP contribution in [0.5, 0.6) is 0 Å². The molecule has 0 atom stereocenters. The molecule has 96 valence electrons. The Morgan fingerprint density at radius 1 is 1.24 bits per heavy atom. The van der Waals surface area contributed by atoms with E-state index in [4.69, 9.17) is 5.73 Å². The van der Waals surface area contributed by atoms with Gasteiger partial charge in [-0.3, -0.25) is 0 Å². The predicted molar refractivity (Wildman–Crippen MR) is 74.7 cm³/mol. The quantitative estimate of drug-likeness (QED) is 0.706. The maximum atomic E-state index is 5.62. The van der Waals surface area contributed by atoms with Gasteiger partial charge in [0.15, 0.2) is 0 Å². The van der Waals surface area contributed by atoms with Crippen molar-refractivity contribution in [3.63, 3.8) is 0 Å². The van der Waals surface area contributed by atoms with E-state index in [1.54, 1.807) is 4.90 Å². The van der Waals surface area contributed by atoms with Crippen LogP contribution >= 0.6 is 11.8 Å². The maximum absolute atomic E-state index is 5.62. The van der Waals surface area contributed by atoms with Crippen LogP contribution in [-0.4, -0.2) is 47.6 Å². The third-order valence-corrected chi connectivity index (χ3v) is 2.80. The zero-order valence-corrected chi connectivity index (χ0v) is 11.4. The highest BCUT2D eigenvalue weighted by Gasteiger charge is 2.05. The number of hydrogen-bond donors (Lipinski definition) is 2. The molecule has 0 fully saturated rings. The number of nitrogens with one attached hydrogen (secondary N) is 1. The summed E-state index contributed by atoms with van der Waals surface area (Å²) >= 11 is 1.86. The fraction of sp³-hybridized carbons (Fsp3) is 0.700. The monoisotopic (exact) mass is 256 g/mol. The lowest BCUT2D eigenvalue weighted by Gasteiger charge is -2.12. The molecule has 0 aliphatic rings. The summed E-state index contributed by atoms with van der Waals surface area (Å²) < 4.78 is 0. The van der Waals surface area contributed by atoms with Gasteiger partial charge in [-0.1, -0.05) is 0 Å². The van der Waals surface area contributed by atoms with Crippen molar-refractivity contribution >= 4 is 29.6 Å². The Bertz CT molecular complexity index is 344. The van der Waals surface area contributed by atoms with E-state index in [2.05, 4.69) is 26.5 Å². The van der Waals surface area contributed by atoms with Crippen molar-refractivity contribution in [3.05, 3.63) is 0 Å².